The summed E-state index contributed by atoms with van der Waals surface area (Å²) in [5.41, 5.74) is -1.35. The van der Waals surface area contributed by atoms with E-state index in [9.17, 15) is 18.0 Å². The minimum atomic E-state index is -4.66. The standard InChI is InChI=1S/C12H10F3N7O.C6H12.C2H6.CH2O/c1-16-8-2-3-22-10(20-8)6(4-18-22)11(23)19-7-5-17-21-9(7)12(13,14)15;1-2-4-6-5-3-1;2*1-2/h2-5H,1H3,(H,16,20)(H,17,21)(H,19,23);1-6H2;1-2H3;1H2. The number of amides is 1. The number of nitrogens with one attached hydrogen (secondary N) is 3. The van der Waals surface area contributed by atoms with Crippen molar-refractivity contribution in [1.82, 2.24) is 24.8 Å². The molecule has 0 spiro atoms. The first-order valence-electron chi connectivity index (χ1n) is 10.6. The highest BCUT2D eigenvalue weighted by molar-refractivity contribution is 6.08. The molecule has 182 valence electrons. The Hall–Kier alpha value is -3.44. The molecule has 1 aliphatic carbocycles. The summed E-state index contributed by atoms with van der Waals surface area (Å²) < 4.78 is 39.6. The van der Waals surface area contributed by atoms with E-state index in [0.29, 0.717) is 5.82 Å². The smallest absolute Gasteiger partial charge is 0.373 e. The lowest BCUT2D eigenvalue weighted by Gasteiger charge is -2.07. The molecular weight excluding hydrogens is 439 g/mol. The molecule has 1 fully saturated rings. The number of anilines is 2. The SMILES string of the molecule is C1CCCCC1.C=O.CC.CNc1ccn2ncc(C(=O)Nc3cn[nH]c3C(F)(F)F)c2n1. The van der Waals surface area contributed by atoms with Crippen LogP contribution in [0.2, 0.25) is 0 Å². The summed E-state index contributed by atoms with van der Waals surface area (Å²) in [4.78, 5) is 24.4. The number of nitrogens with zero attached hydrogens (tertiary/aromatic N) is 4. The van der Waals surface area contributed by atoms with Crippen molar-refractivity contribution in [2.75, 3.05) is 17.7 Å². The maximum absolute atomic E-state index is 12.8. The largest absolute Gasteiger partial charge is 0.434 e. The first-order valence-corrected chi connectivity index (χ1v) is 10.6. The van der Waals surface area contributed by atoms with Crippen molar-refractivity contribution in [1.29, 1.82) is 0 Å². The van der Waals surface area contributed by atoms with Gasteiger partial charge >= 0.3 is 6.18 Å². The molecule has 1 amide bonds. The third-order valence-electron chi connectivity index (χ3n) is 4.54. The van der Waals surface area contributed by atoms with Crippen molar-refractivity contribution < 1.29 is 22.8 Å². The molecule has 12 heteroatoms. The fourth-order valence-corrected chi connectivity index (χ4v) is 3.02. The van der Waals surface area contributed by atoms with Crippen molar-refractivity contribution in [3.63, 3.8) is 0 Å². The van der Waals surface area contributed by atoms with Crippen LogP contribution >= 0.6 is 0 Å². The highest BCUT2D eigenvalue weighted by Gasteiger charge is 2.36. The Morgan fingerprint density at radius 1 is 1.09 bits per heavy atom. The van der Waals surface area contributed by atoms with Gasteiger partial charge in [0.15, 0.2) is 11.3 Å². The van der Waals surface area contributed by atoms with Crippen molar-refractivity contribution in [3.8, 4) is 0 Å². The van der Waals surface area contributed by atoms with E-state index in [1.54, 1.807) is 19.3 Å². The molecule has 3 heterocycles. The molecule has 0 radical (unpaired) electrons. The summed E-state index contributed by atoms with van der Waals surface area (Å²) >= 11 is 0. The van der Waals surface area contributed by atoms with Gasteiger partial charge < -0.3 is 15.4 Å². The van der Waals surface area contributed by atoms with Crippen molar-refractivity contribution in [2.45, 2.75) is 58.5 Å². The summed E-state index contributed by atoms with van der Waals surface area (Å²) in [6.07, 6.45) is 8.03. The van der Waals surface area contributed by atoms with Crippen molar-refractivity contribution >= 4 is 29.8 Å². The fraction of sp³-hybridized carbons (Fsp3) is 0.476. The summed E-state index contributed by atoms with van der Waals surface area (Å²) in [6, 6.07) is 1.64. The number of carbonyl (C=O) groups is 2. The molecule has 3 aromatic heterocycles. The van der Waals surface area contributed by atoms with E-state index >= 15 is 0 Å². The van der Waals surface area contributed by atoms with Gasteiger partial charge in [-0.3, -0.25) is 9.89 Å². The van der Waals surface area contributed by atoms with Crippen LogP contribution < -0.4 is 10.6 Å². The Bertz CT molecular complexity index is 970. The Morgan fingerprint density at radius 2 is 1.67 bits per heavy atom. The first-order chi connectivity index (χ1) is 15.9. The summed E-state index contributed by atoms with van der Waals surface area (Å²) in [7, 11) is 1.65. The van der Waals surface area contributed by atoms with Gasteiger partial charge in [0.05, 0.1) is 18.1 Å². The maximum Gasteiger partial charge on any atom is 0.434 e. The molecule has 4 rings (SSSR count). The van der Waals surface area contributed by atoms with E-state index in [1.807, 2.05) is 25.7 Å². The molecule has 3 aromatic rings. The molecule has 0 unspecified atom stereocenters. The number of rotatable bonds is 3. The van der Waals surface area contributed by atoms with Gasteiger partial charge in [-0.2, -0.15) is 23.4 Å². The zero-order chi connectivity index (χ0) is 24.9. The van der Waals surface area contributed by atoms with Gasteiger partial charge in [0.25, 0.3) is 5.91 Å². The minimum Gasteiger partial charge on any atom is -0.373 e. The van der Waals surface area contributed by atoms with E-state index in [2.05, 4.69) is 25.8 Å². The number of aromatic amines is 1. The zero-order valence-corrected chi connectivity index (χ0v) is 19.0. The van der Waals surface area contributed by atoms with Gasteiger partial charge in [0.2, 0.25) is 0 Å². The van der Waals surface area contributed by atoms with E-state index in [0.717, 1.165) is 6.20 Å². The summed E-state index contributed by atoms with van der Waals surface area (Å²) in [5, 5.41) is 14.0. The molecular formula is C21H30F3N7O2. The lowest BCUT2D eigenvalue weighted by molar-refractivity contribution is -0.140. The normalized spacial score (nSPS) is 12.8. The number of hydrogen-bond donors (Lipinski definition) is 3. The summed E-state index contributed by atoms with van der Waals surface area (Å²) in [6.45, 7) is 6.00. The Balaban J connectivity index is 0.000000460. The van der Waals surface area contributed by atoms with E-state index in [-0.39, 0.29) is 11.2 Å². The number of aromatic nitrogens is 5. The number of halogens is 3. The van der Waals surface area contributed by atoms with Crippen LogP contribution in [-0.2, 0) is 11.0 Å². The highest BCUT2D eigenvalue weighted by atomic mass is 19.4. The van der Waals surface area contributed by atoms with Gasteiger partial charge in [-0.15, -0.1) is 0 Å². The third kappa shape index (κ3) is 7.88. The second kappa shape index (κ2) is 13.9. The average Bonchev–Trinajstić information content (AvgIpc) is 3.49. The topological polar surface area (TPSA) is 117 Å². The van der Waals surface area contributed by atoms with Crippen LogP contribution in [0, 0.1) is 0 Å². The van der Waals surface area contributed by atoms with Crippen LogP contribution in [-0.4, -0.2) is 44.5 Å². The van der Waals surface area contributed by atoms with Crippen molar-refractivity contribution in [3.05, 3.63) is 35.9 Å². The van der Waals surface area contributed by atoms with E-state index in [4.69, 9.17) is 4.79 Å². The van der Waals surface area contributed by atoms with Crippen LogP contribution in [0.3, 0.4) is 0 Å². The quantitative estimate of drug-likeness (QED) is 0.500. The summed E-state index contributed by atoms with van der Waals surface area (Å²) in [5.74, 6) is -0.279. The lowest BCUT2D eigenvalue weighted by Crippen LogP contribution is -2.16. The monoisotopic (exact) mass is 469 g/mol. The fourth-order valence-electron chi connectivity index (χ4n) is 3.02. The van der Waals surface area contributed by atoms with Crippen LogP contribution in [0.5, 0.6) is 0 Å². The molecule has 3 N–H and O–H groups in total. The van der Waals surface area contributed by atoms with Gasteiger partial charge in [-0.1, -0.05) is 52.4 Å². The van der Waals surface area contributed by atoms with E-state index < -0.39 is 23.5 Å². The zero-order valence-electron chi connectivity index (χ0n) is 19.0. The van der Waals surface area contributed by atoms with Gasteiger partial charge in [-0.05, 0) is 6.07 Å². The van der Waals surface area contributed by atoms with Crippen LogP contribution in [0.15, 0.2) is 24.7 Å². The number of alkyl halides is 3. The number of carbonyl (C=O) groups excluding carboxylic acids is 2. The predicted molar refractivity (Wildman–Crippen MR) is 120 cm³/mol. The minimum absolute atomic E-state index is 0.0384. The van der Waals surface area contributed by atoms with Gasteiger partial charge in [0, 0.05) is 13.2 Å². The number of fused-ring (bicyclic) bond motifs is 1. The molecule has 1 saturated carbocycles. The van der Waals surface area contributed by atoms with Crippen LogP contribution in [0.25, 0.3) is 5.65 Å². The van der Waals surface area contributed by atoms with E-state index in [1.165, 1.54) is 49.2 Å². The molecule has 0 bridgehead atoms. The number of hydrogen-bond acceptors (Lipinski definition) is 6. The third-order valence-corrected chi connectivity index (χ3v) is 4.54. The molecule has 0 saturated heterocycles. The molecule has 0 aromatic carbocycles. The van der Waals surface area contributed by atoms with Crippen molar-refractivity contribution in [2.24, 2.45) is 0 Å². The molecule has 1 aliphatic rings. The Morgan fingerprint density at radius 3 is 2.18 bits per heavy atom. The van der Waals surface area contributed by atoms with Gasteiger partial charge in [-0.25, -0.2) is 9.50 Å². The molecule has 9 nitrogen and oxygen atoms in total. The predicted octanol–water partition coefficient (Wildman–Crippen LogP) is 4.95. The molecule has 0 atom stereocenters. The molecule has 0 aliphatic heterocycles. The molecule has 33 heavy (non-hydrogen) atoms. The second-order valence-electron chi connectivity index (χ2n) is 6.62. The van der Waals surface area contributed by atoms with Crippen LogP contribution in [0.4, 0.5) is 24.7 Å². The first kappa shape index (κ1) is 27.6. The Kier molecular flexibility index (Phi) is 11.6. The maximum atomic E-state index is 12.8. The Labute approximate surface area is 190 Å². The lowest BCUT2D eigenvalue weighted by atomic mass is 10.0. The number of H-pyrrole nitrogens is 1. The highest BCUT2D eigenvalue weighted by Crippen LogP contribution is 2.33. The average molecular weight is 470 g/mol. The van der Waals surface area contributed by atoms with Crippen LogP contribution in [0.1, 0.15) is 68.4 Å². The second-order valence-corrected chi connectivity index (χ2v) is 6.62. The van der Waals surface area contributed by atoms with Gasteiger partial charge in [0.1, 0.15) is 18.2 Å².